The first-order valence-electron chi connectivity index (χ1n) is 7.10. The van der Waals surface area contributed by atoms with Crippen molar-refractivity contribution in [3.05, 3.63) is 41.9 Å². The molecule has 0 unspecified atom stereocenters. The molecule has 0 aliphatic heterocycles. The second-order valence-electron chi connectivity index (χ2n) is 4.80. The van der Waals surface area contributed by atoms with Gasteiger partial charge in [-0.25, -0.2) is 9.97 Å². The number of carbonyl (C=O) groups is 1. The van der Waals surface area contributed by atoms with Gasteiger partial charge in [0.25, 0.3) is 0 Å². The van der Waals surface area contributed by atoms with Crippen molar-refractivity contribution in [3.8, 4) is 0 Å². The van der Waals surface area contributed by atoms with E-state index in [1.165, 1.54) is 6.33 Å². The maximum absolute atomic E-state index is 11.6. The molecule has 1 aromatic carbocycles. The van der Waals surface area contributed by atoms with Crippen molar-refractivity contribution >= 4 is 23.1 Å². The lowest BCUT2D eigenvalue weighted by molar-refractivity contribution is -0.115. The van der Waals surface area contributed by atoms with Crippen molar-refractivity contribution in [2.45, 2.75) is 33.6 Å². The topological polar surface area (TPSA) is 66.9 Å². The van der Waals surface area contributed by atoms with Crippen molar-refractivity contribution in [1.29, 1.82) is 0 Å². The standard InChI is InChI=1S/C16H20N4O/c1-4-12-6-7-13(9-14(12)20-16(21)5-2)19-15-8-11(3)17-10-18-15/h6-10H,4-5H2,1-3H3,(H,20,21)(H,17,18,19). The number of benzene rings is 1. The minimum absolute atomic E-state index is 0.0136. The van der Waals surface area contributed by atoms with Gasteiger partial charge in [-0.15, -0.1) is 0 Å². The molecule has 1 heterocycles. The summed E-state index contributed by atoms with van der Waals surface area (Å²) in [7, 11) is 0. The number of amides is 1. The summed E-state index contributed by atoms with van der Waals surface area (Å²) in [6, 6.07) is 7.81. The summed E-state index contributed by atoms with van der Waals surface area (Å²) < 4.78 is 0. The summed E-state index contributed by atoms with van der Waals surface area (Å²) in [6.45, 7) is 5.82. The zero-order chi connectivity index (χ0) is 15.2. The molecule has 0 aliphatic carbocycles. The first-order valence-corrected chi connectivity index (χ1v) is 7.10. The number of hydrogen-bond donors (Lipinski definition) is 2. The zero-order valence-corrected chi connectivity index (χ0v) is 12.6. The molecule has 0 saturated carbocycles. The van der Waals surface area contributed by atoms with Crippen LogP contribution in [-0.4, -0.2) is 15.9 Å². The normalized spacial score (nSPS) is 10.2. The summed E-state index contributed by atoms with van der Waals surface area (Å²) in [5.74, 6) is 0.749. The van der Waals surface area contributed by atoms with E-state index in [1.54, 1.807) is 0 Å². The lowest BCUT2D eigenvalue weighted by Crippen LogP contribution is -2.11. The Balaban J connectivity index is 2.24. The second-order valence-corrected chi connectivity index (χ2v) is 4.80. The Hall–Kier alpha value is -2.43. The van der Waals surface area contributed by atoms with Crippen molar-refractivity contribution in [2.24, 2.45) is 0 Å². The smallest absolute Gasteiger partial charge is 0.224 e. The molecule has 0 bridgehead atoms. The van der Waals surface area contributed by atoms with Gasteiger partial charge in [-0.1, -0.05) is 19.9 Å². The Labute approximate surface area is 124 Å². The monoisotopic (exact) mass is 284 g/mol. The van der Waals surface area contributed by atoms with Crippen molar-refractivity contribution in [1.82, 2.24) is 9.97 Å². The summed E-state index contributed by atoms with van der Waals surface area (Å²) >= 11 is 0. The average molecular weight is 284 g/mol. The quantitative estimate of drug-likeness (QED) is 0.882. The van der Waals surface area contributed by atoms with Crippen molar-refractivity contribution < 1.29 is 4.79 Å². The fourth-order valence-corrected chi connectivity index (χ4v) is 1.99. The number of anilines is 3. The molecule has 110 valence electrons. The van der Waals surface area contributed by atoms with Gasteiger partial charge in [-0.2, -0.15) is 0 Å². The Bertz CT molecular complexity index is 640. The Morgan fingerprint density at radius 3 is 2.67 bits per heavy atom. The van der Waals surface area contributed by atoms with Gasteiger partial charge in [0.05, 0.1) is 0 Å². The van der Waals surface area contributed by atoms with E-state index in [-0.39, 0.29) is 5.91 Å². The maximum Gasteiger partial charge on any atom is 0.224 e. The third kappa shape index (κ3) is 4.02. The van der Waals surface area contributed by atoms with Gasteiger partial charge in [-0.3, -0.25) is 4.79 Å². The lowest BCUT2D eigenvalue weighted by atomic mass is 10.1. The molecule has 5 nitrogen and oxygen atoms in total. The summed E-state index contributed by atoms with van der Waals surface area (Å²) in [6.07, 6.45) is 2.86. The third-order valence-electron chi connectivity index (χ3n) is 3.16. The number of carbonyl (C=O) groups excluding carboxylic acids is 1. The molecule has 2 N–H and O–H groups in total. The molecule has 21 heavy (non-hydrogen) atoms. The van der Waals surface area contributed by atoms with Gasteiger partial charge < -0.3 is 10.6 Å². The number of rotatable bonds is 5. The van der Waals surface area contributed by atoms with Crippen LogP contribution in [0.5, 0.6) is 0 Å². The predicted molar refractivity (Wildman–Crippen MR) is 84.8 cm³/mol. The number of nitrogens with one attached hydrogen (secondary N) is 2. The van der Waals surface area contributed by atoms with E-state index < -0.39 is 0 Å². The highest BCUT2D eigenvalue weighted by molar-refractivity contribution is 5.92. The highest BCUT2D eigenvalue weighted by Gasteiger charge is 2.06. The van der Waals surface area contributed by atoms with Gasteiger partial charge in [0.2, 0.25) is 5.91 Å². The fraction of sp³-hybridized carbons (Fsp3) is 0.312. The highest BCUT2D eigenvalue weighted by atomic mass is 16.1. The van der Waals surface area contributed by atoms with Crippen LogP contribution in [0.3, 0.4) is 0 Å². The van der Waals surface area contributed by atoms with Crippen LogP contribution in [0.15, 0.2) is 30.6 Å². The number of nitrogens with zero attached hydrogens (tertiary/aromatic N) is 2. The minimum atomic E-state index is 0.0136. The number of hydrogen-bond acceptors (Lipinski definition) is 4. The van der Waals surface area contributed by atoms with Crippen LogP contribution in [0, 0.1) is 6.92 Å². The first-order chi connectivity index (χ1) is 10.1. The molecule has 0 aliphatic rings. The van der Waals surface area contributed by atoms with Crippen molar-refractivity contribution in [3.63, 3.8) is 0 Å². The van der Waals surface area contributed by atoms with Gasteiger partial charge in [0, 0.05) is 29.6 Å². The molecular weight excluding hydrogens is 264 g/mol. The Morgan fingerprint density at radius 1 is 1.19 bits per heavy atom. The van der Waals surface area contributed by atoms with Gasteiger partial charge in [-0.05, 0) is 31.0 Å². The first kappa shape index (κ1) is 15.0. The molecule has 0 spiro atoms. The van der Waals surface area contributed by atoms with E-state index in [0.29, 0.717) is 6.42 Å². The number of aryl methyl sites for hydroxylation is 2. The van der Waals surface area contributed by atoms with Crippen LogP contribution < -0.4 is 10.6 Å². The molecule has 2 rings (SSSR count). The average Bonchev–Trinajstić information content (AvgIpc) is 2.47. The van der Waals surface area contributed by atoms with E-state index in [0.717, 1.165) is 34.9 Å². The molecule has 2 aromatic rings. The van der Waals surface area contributed by atoms with Crippen LogP contribution in [0.1, 0.15) is 31.5 Å². The predicted octanol–water partition coefficient (Wildman–Crippen LogP) is 3.44. The SMILES string of the molecule is CCC(=O)Nc1cc(Nc2cc(C)ncn2)ccc1CC. The summed E-state index contributed by atoms with van der Waals surface area (Å²) in [5.41, 5.74) is 3.75. The second kappa shape index (κ2) is 6.83. The van der Waals surface area contributed by atoms with Crippen LogP contribution in [0.25, 0.3) is 0 Å². The molecule has 0 saturated heterocycles. The molecule has 5 heteroatoms. The van der Waals surface area contributed by atoms with E-state index >= 15 is 0 Å². The molecular formula is C16H20N4O. The molecule has 1 aromatic heterocycles. The van der Waals surface area contributed by atoms with Crippen LogP contribution in [0.2, 0.25) is 0 Å². The third-order valence-corrected chi connectivity index (χ3v) is 3.16. The van der Waals surface area contributed by atoms with E-state index in [9.17, 15) is 4.79 Å². The van der Waals surface area contributed by atoms with E-state index in [2.05, 4.69) is 27.5 Å². The fourth-order valence-electron chi connectivity index (χ4n) is 1.99. The van der Waals surface area contributed by atoms with Gasteiger partial charge in [0.1, 0.15) is 12.1 Å². The van der Waals surface area contributed by atoms with Gasteiger partial charge in [0.15, 0.2) is 0 Å². The summed E-state index contributed by atoms with van der Waals surface area (Å²) in [4.78, 5) is 19.9. The van der Waals surface area contributed by atoms with Crippen LogP contribution in [0.4, 0.5) is 17.2 Å². The van der Waals surface area contributed by atoms with E-state index in [4.69, 9.17) is 0 Å². The van der Waals surface area contributed by atoms with Crippen molar-refractivity contribution in [2.75, 3.05) is 10.6 Å². The molecule has 1 amide bonds. The Morgan fingerprint density at radius 2 is 2.00 bits per heavy atom. The van der Waals surface area contributed by atoms with Crippen LogP contribution in [-0.2, 0) is 11.2 Å². The maximum atomic E-state index is 11.6. The Kier molecular flexibility index (Phi) is 4.87. The van der Waals surface area contributed by atoms with E-state index in [1.807, 2.05) is 38.1 Å². The molecule has 0 fully saturated rings. The lowest BCUT2D eigenvalue weighted by Gasteiger charge is -2.12. The zero-order valence-electron chi connectivity index (χ0n) is 12.6. The minimum Gasteiger partial charge on any atom is -0.340 e. The molecule has 0 radical (unpaired) electrons. The van der Waals surface area contributed by atoms with Gasteiger partial charge >= 0.3 is 0 Å². The highest BCUT2D eigenvalue weighted by Crippen LogP contribution is 2.24. The summed E-state index contributed by atoms with van der Waals surface area (Å²) in [5, 5.41) is 6.16. The number of aromatic nitrogens is 2. The molecule has 0 atom stereocenters. The van der Waals surface area contributed by atoms with Crippen LogP contribution >= 0.6 is 0 Å². The largest absolute Gasteiger partial charge is 0.340 e.